The van der Waals surface area contributed by atoms with Crippen LogP contribution in [0.4, 0.5) is 4.79 Å². The Balaban J connectivity index is 2.38. The summed E-state index contributed by atoms with van der Waals surface area (Å²) in [5.41, 5.74) is -0.131. The van der Waals surface area contributed by atoms with Gasteiger partial charge >= 0.3 is 12.1 Å². The molecule has 1 aromatic heterocycles. The first-order valence-corrected chi connectivity index (χ1v) is 4.08. The van der Waals surface area contributed by atoms with Gasteiger partial charge in [-0.1, -0.05) is 5.21 Å². The lowest BCUT2D eigenvalue weighted by Gasteiger charge is -2.02. The Hall–Kier alpha value is -2.12. The zero-order chi connectivity index (χ0) is 11.3. The number of hydrogen-bond donors (Lipinski definition) is 2. The van der Waals surface area contributed by atoms with E-state index in [-0.39, 0.29) is 12.2 Å². The molecule has 0 saturated heterocycles. The van der Waals surface area contributed by atoms with E-state index in [0.717, 1.165) is 0 Å². The molecule has 0 unspecified atom stereocenters. The van der Waals surface area contributed by atoms with E-state index in [0.29, 0.717) is 6.54 Å². The normalized spacial score (nSPS) is 9.67. The van der Waals surface area contributed by atoms with Crippen molar-refractivity contribution >= 4 is 12.1 Å². The Bertz CT molecular complexity index is 362. The summed E-state index contributed by atoms with van der Waals surface area (Å²) >= 11 is 0. The van der Waals surface area contributed by atoms with Crippen molar-refractivity contribution in [2.24, 2.45) is 0 Å². The molecule has 0 spiro atoms. The fourth-order valence-electron chi connectivity index (χ4n) is 0.850. The molecule has 82 valence electrons. The van der Waals surface area contributed by atoms with Crippen molar-refractivity contribution in [2.75, 3.05) is 13.7 Å². The van der Waals surface area contributed by atoms with Gasteiger partial charge in [0, 0.05) is 6.54 Å². The highest BCUT2D eigenvalue weighted by molar-refractivity contribution is 5.84. The summed E-state index contributed by atoms with van der Waals surface area (Å²) in [7, 11) is 1.26. The molecule has 0 bridgehead atoms. The van der Waals surface area contributed by atoms with E-state index in [1.807, 2.05) is 0 Å². The summed E-state index contributed by atoms with van der Waals surface area (Å²) in [5, 5.41) is 17.9. The Morgan fingerprint density at radius 1 is 1.67 bits per heavy atom. The second-order valence-corrected chi connectivity index (χ2v) is 2.59. The molecule has 1 heterocycles. The van der Waals surface area contributed by atoms with Gasteiger partial charge in [-0.25, -0.2) is 14.3 Å². The number of hydrogen-bond acceptors (Lipinski definition) is 5. The predicted octanol–water partition coefficient (Wildman–Crippen LogP) is -0.668. The number of rotatable bonds is 4. The molecule has 0 aliphatic heterocycles. The third-order valence-corrected chi connectivity index (χ3v) is 1.55. The molecule has 1 rings (SSSR count). The quantitative estimate of drug-likeness (QED) is 0.688. The molecule has 0 atom stereocenters. The summed E-state index contributed by atoms with van der Waals surface area (Å²) in [6.07, 6.45) is 0.731. The van der Waals surface area contributed by atoms with Crippen molar-refractivity contribution < 1.29 is 19.4 Å². The monoisotopic (exact) mass is 214 g/mol. The average molecular weight is 214 g/mol. The highest BCUT2D eigenvalue weighted by atomic mass is 16.5. The summed E-state index contributed by atoms with van der Waals surface area (Å²) in [5.74, 6) is -1.14. The van der Waals surface area contributed by atoms with Crippen molar-refractivity contribution in [3.05, 3.63) is 11.9 Å². The molecule has 0 aromatic carbocycles. The van der Waals surface area contributed by atoms with E-state index < -0.39 is 12.1 Å². The van der Waals surface area contributed by atoms with Crippen LogP contribution in [0.1, 0.15) is 10.5 Å². The van der Waals surface area contributed by atoms with Gasteiger partial charge in [-0.05, 0) is 0 Å². The molecule has 2 N–H and O–H groups in total. The number of alkyl carbamates (subject to hydrolysis) is 1. The van der Waals surface area contributed by atoms with Crippen molar-refractivity contribution in [3.63, 3.8) is 0 Å². The maximum Gasteiger partial charge on any atom is 0.406 e. The second-order valence-electron chi connectivity index (χ2n) is 2.59. The van der Waals surface area contributed by atoms with Gasteiger partial charge in [0.1, 0.15) is 0 Å². The van der Waals surface area contributed by atoms with Crippen molar-refractivity contribution in [2.45, 2.75) is 6.54 Å². The van der Waals surface area contributed by atoms with E-state index in [1.54, 1.807) is 0 Å². The number of nitrogens with one attached hydrogen (secondary N) is 1. The number of carbonyl (C=O) groups is 2. The Morgan fingerprint density at radius 3 is 2.93 bits per heavy atom. The van der Waals surface area contributed by atoms with E-state index >= 15 is 0 Å². The average Bonchev–Trinajstić information content (AvgIpc) is 2.66. The van der Waals surface area contributed by atoms with Crippen molar-refractivity contribution in [1.29, 1.82) is 0 Å². The number of ether oxygens (including phenoxy) is 1. The zero-order valence-electron chi connectivity index (χ0n) is 8.01. The highest BCUT2D eigenvalue weighted by Gasteiger charge is 2.07. The molecule has 1 aromatic rings. The molecular formula is C7H10N4O4. The van der Waals surface area contributed by atoms with Gasteiger partial charge in [0.25, 0.3) is 0 Å². The van der Waals surface area contributed by atoms with Crippen LogP contribution in [0.2, 0.25) is 0 Å². The van der Waals surface area contributed by atoms with Gasteiger partial charge in [0.15, 0.2) is 5.69 Å². The lowest BCUT2D eigenvalue weighted by molar-refractivity contribution is 0.0690. The molecule has 0 aliphatic rings. The standard InChI is InChI=1S/C7H10N4O4/c1-15-7(14)8-2-3-11-4-5(6(12)13)9-10-11/h4H,2-3H2,1H3,(H,8,14)(H,12,13). The first kappa shape index (κ1) is 11.0. The molecule has 0 fully saturated rings. The lowest BCUT2D eigenvalue weighted by Crippen LogP contribution is -2.27. The minimum atomic E-state index is -1.14. The Kier molecular flexibility index (Phi) is 3.61. The van der Waals surface area contributed by atoms with Crippen LogP contribution >= 0.6 is 0 Å². The van der Waals surface area contributed by atoms with E-state index in [1.165, 1.54) is 18.0 Å². The number of aromatic carboxylic acids is 1. The molecule has 0 radical (unpaired) electrons. The smallest absolute Gasteiger partial charge is 0.406 e. The molecular weight excluding hydrogens is 204 g/mol. The van der Waals surface area contributed by atoms with Crippen LogP contribution in [0.25, 0.3) is 0 Å². The van der Waals surface area contributed by atoms with E-state index in [2.05, 4.69) is 20.4 Å². The minimum absolute atomic E-state index is 0.131. The maximum atomic E-state index is 10.6. The minimum Gasteiger partial charge on any atom is -0.476 e. The van der Waals surface area contributed by atoms with Crippen molar-refractivity contribution in [3.8, 4) is 0 Å². The topological polar surface area (TPSA) is 106 Å². The zero-order valence-corrected chi connectivity index (χ0v) is 8.01. The second kappa shape index (κ2) is 4.94. The number of amides is 1. The van der Waals surface area contributed by atoms with Crippen molar-refractivity contribution in [1.82, 2.24) is 20.3 Å². The van der Waals surface area contributed by atoms with E-state index in [4.69, 9.17) is 5.11 Å². The largest absolute Gasteiger partial charge is 0.476 e. The van der Waals surface area contributed by atoms with Gasteiger partial charge < -0.3 is 15.2 Å². The Labute approximate surface area is 84.8 Å². The predicted molar refractivity (Wildman–Crippen MR) is 47.4 cm³/mol. The number of methoxy groups -OCH3 is 1. The molecule has 0 aliphatic carbocycles. The fraction of sp³-hybridized carbons (Fsp3) is 0.429. The van der Waals surface area contributed by atoms with Gasteiger partial charge in [0.2, 0.25) is 0 Å². The Morgan fingerprint density at radius 2 is 2.40 bits per heavy atom. The molecule has 15 heavy (non-hydrogen) atoms. The number of aromatic nitrogens is 3. The van der Waals surface area contributed by atoms with Gasteiger partial charge in [-0.2, -0.15) is 0 Å². The molecule has 1 amide bonds. The van der Waals surface area contributed by atoms with Crippen LogP contribution in [0.3, 0.4) is 0 Å². The third kappa shape index (κ3) is 3.25. The fourth-order valence-corrected chi connectivity index (χ4v) is 0.850. The summed E-state index contributed by atoms with van der Waals surface area (Å²) in [6.45, 7) is 0.616. The number of nitrogens with zero attached hydrogens (tertiary/aromatic N) is 3. The maximum absolute atomic E-state index is 10.6. The van der Waals surface area contributed by atoms with Crippen LogP contribution in [-0.4, -0.2) is 45.8 Å². The summed E-state index contributed by atoms with van der Waals surface area (Å²) < 4.78 is 5.66. The van der Waals surface area contributed by atoms with Crippen LogP contribution in [0.15, 0.2) is 6.20 Å². The first-order chi connectivity index (χ1) is 7.13. The molecule has 0 saturated carbocycles. The van der Waals surface area contributed by atoms with Crippen LogP contribution in [0.5, 0.6) is 0 Å². The molecule has 8 nitrogen and oxygen atoms in total. The van der Waals surface area contributed by atoms with Crippen LogP contribution in [0, 0.1) is 0 Å². The number of carboxylic acids is 1. The summed E-state index contributed by atoms with van der Waals surface area (Å²) in [4.78, 5) is 21.1. The van der Waals surface area contributed by atoms with Crippen LogP contribution in [-0.2, 0) is 11.3 Å². The third-order valence-electron chi connectivity index (χ3n) is 1.55. The lowest BCUT2D eigenvalue weighted by atomic mass is 10.5. The summed E-state index contributed by atoms with van der Waals surface area (Å²) in [6, 6.07) is 0. The SMILES string of the molecule is COC(=O)NCCn1cc(C(=O)O)nn1. The van der Waals surface area contributed by atoms with Gasteiger partial charge in [-0.15, -0.1) is 5.10 Å². The van der Waals surface area contributed by atoms with Crippen LogP contribution < -0.4 is 5.32 Å². The highest BCUT2D eigenvalue weighted by Crippen LogP contribution is 1.91. The van der Waals surface area contributed by atoms with E-state index in [9.17, 15) is 9.59 Å². The number of carboxylic acid groups (broad SMARTS) is 1. The van der Waals surface area contributed by atoms with Gasteiger partial charge in [-0.3, -0.25) is 0 Å². The van der Waals surface area contributed by atoms with Gasteiger partial charge in [0.05, 0.1) is 19.9 Å². The first-order valence-electron chi connectivity index (χ1n) is 4.08. The molecule has 8 heteroatoms. The number of carbonyl (C=O) groups excluding carboxylic acids is 1.